The Kier molecular flexibility index (Phi) is 4.11. The lowest BCUT2D eigenvalue weighted by atomic mass is 10.1. The van der Waals surface area contributed by atoms with Crippen LogP contribution in [0.25, 0.3) is 0 Å². The standard InChI is InChI=1S/C14H29N3/c1-12-10-17-8-5-6-13(17)11-16(12)9-7-15-14(2,3)4/h12-13,15H,5-11H2,1-4H3. The summed E-state index contributed by atoms with van der Waals surface area (Å²) in [5.74, 6) is 0. The first kappa shape index (κ1) is 13.3. The highest BCUT2D eigenvalue weighted by atomic mass is 15.3. The van der Waals surface area contributed by atoms with Crippen molar-refractivity contribution < 1.29 is 0 Å². The molecular formula is C14H29N3. The summed E-state index contributed by atoms with van der Waals surface area (Å²) < 4.78 is 0. The number of rotatable bonds is 3. The van der Waals surface area contributed by atoms with Gasteiger partial charge in [0.05, 0.1) is 0 Å². The van der Waals surface area contributed by atoms with Crippen LogP contribution in [-0.2, 0) is 0 Å². The highest BCUT2D eigenvalue weighted by Crippen LogP contribution is 2.24. The summed E-state index contributed by atoms with van der Waals surface area (Å²) in [5.41, 5.74) is 0.248. The number of hydrogen-bond donors (Lipinski definition) is 1. The van der Waals surface area contributed by atoms with E-state index in [2.05, 4.69) is 42.8 Å². The third-order valence-electron chi connectivity index (χ3n) is 4.12. The van der Waals surface area contributed by atoms with Crippen LogP contribution in [0.1, 0.15) is 40.5 Å². The van der Waals surface area contributed by atoms with Gasteiger partial charge in [0, 0.05) is 43.8 Å². The molecular weight excluding hydrogens is 210 g/mol. The van der Waals surface area contributed by atoms with Gasteiger partial charge in [0.2, 0.25) is 0 Å². The summed E-state index contributed by atoms with van der Waals surface area (Å²) in [6, 6.07) is 1.58. The first-order valence-electron chi connectivity index (χ1n) is 7.19. The van der Waals surface area contributed by atoms with Crippen molar-refractivity contribution in [3.8, 4) is 0 Å². The summed E-state index contributed by atoms with van der Waals surface area (Å²) in [4.78, 5) is 5.36. The SMILES string of the molecule is CC1CN2CCCC2CN1CCNC(C)(C)C. The van der Waals surface area contributed by atoms with Crippen molar-refractivity contribution in [2.45, 2.75) is 58.2 Å². The van der Waals surface area contributed by atoms with E-state index < -0.39 is 0 Å². The van der Waals surface area contributed by atoms with Gasteiger partial charge in [-0.05, 0) is 47.1 Å². The summed E-state index contributed by atoms with van der Waals surface area (Å²) in [7, 11) is 0. The zero-order chi connectivity index (χ0) is 12.5. The quantitative estimate of drug-likeness (QED) is 0.806. The summed E-state index contributed by atoms with van der Waals surface area (Å²) in [6.07, 6.45) is 2.82. The van der Waals surface area contributed by atoms with Crippen LogP contribution in [0.2, 0.25) is 0 Å². The van der Waals surface area contributed by atoms with Gasteiger partial charge in [0.15, 0.2) is 0 Å². The molecule has 0 aromatic carbocycles. The Labute approximate surface area is 107 Å². The number of nitrogens with zero attached hydrogens (tertiary/aromatic N) is 2. The van der Waals surface area contributed by atoms with E-state index >= 15 is 0 Å². The van der Waals surface area contributed by atoms with Crippen molar-refractivity contribution in [1.29, 1.82) is 0 Å². The molecule has 3 heteroatoms. The molecule has 3 nitrogen and oxygen atoms in total. The van der Waals surface area contributed by atoms with E-state index in [4.69, 9.17) is 0 Å². The average Bonchev–Trinajstić information content (AvgIpc) is 2.63. The van der Waals surface area contributed by atoms with Gasteiger partial charge in [0.25, 0.3) is 0 Å². The zero-order valence-electron chi connectivity index (χ0n) is 12.0. The summed E-state index contributed by atoms with van der Waals surface area (Å²) in [5, 5.41) is 3.59. The topological polar surface area (TPSA) is 18.5 Å². The fourth-order valence-corrected chi connectivity index (χ4v) is 3.13. The second-order valence-electron chi connectivity index (χ2n) is 6.81. The molecule has 0 amide bonds. The van der Waals surface area contributed by atoms with E-state index in [1.807, 2.05) is 0 Å². The Hall–Kier alpha value is -0.120. The van der Waals surface area contributed by atoms with Crippen molar-refractivity contribution in [3.05, 3.63) is 0 Å². The molecule has 0 bridgehead atoms. The van der Waals surface area contributed by atoms with Gasteiger partial charge < -0.3 is 5.32 Å². The first-order chi connectivity index (χ1) is 7.96. The molecule has 0 aliphatic carbocycles. The maximum absolute atomic E-state index is 3.59. The normalized spacial score (nSPS) is 31.8. The molecule has 2 aliphatic rings. The van der Waals surface area contributed by atoms with Crippen molar-refractivity contribution in [2.24, 2.45) is 0 Å². The Morgan fingerprint density at radius 2 is 2.00 bits per heavy atom. The van der Waals surface area contributed by atoms with E-state index in [9.17, 15) is 0 Å². The predicted octanol–water partition coefficient (Wildman–Crippen LogP) is 1.54. The number of piperazine rings is 1. The molecule has 2 heterocycles. The van der Waals surface area contributed by atoms with Gasteiger partial charge in [-0.1, -0.05) is 0 Å². The lowest BCUT2D eigenvalue weighted by Crippen LogP contribution is -2.56. The predicted molar refractivity (Wildman–Crippen MR) is 73.4 cm³/mol. The molecule has 17 heavy (non-hydrogen) atoms. The molecule has 0 aromatic rings. The van der Waals surface area contributed by atoms with Gasteiger partial charge in [-0.2, -0.15) is 0 Å². The number of nitrogens with one attached hydrogen (secondary N) is 1. The third kappa shape index (κ3) is 3.67. The fraction of sp³-hybridized carbons (Fsp3) is 1.00. The Balaban J connectivity index is 1.76. The Morgan fingerprint density at radius 3 is 2.71 bits per heavy atom. The van der Waals surface area contributed by atoms with Crippen LogP contribution in [0.3, 0.4) is 0 Å². The highest BCUT2D eigenvalue weighted by Gasteiger charge is 2.33. The van der Waals surface area contributed by atoms with E-state index in [1.54, 1.807) is 0 Å². The lowest BCUT2D eigenvalue weighted by Gasteiger charge is -2.42. The van der Waals surface area contributed by atoms with Crippen LogP contribution in [0, 0.1) is 0 Å². The first-order valence-corrected chi connectivity index (χ1v) is 7.19. The molecule has 1 N–H and O–H groups in total. The van der Waals surface area contributed by atoms with E-state index in [1.165, 1.54) is 39.0 Å². The van der Waals surface area contributed by atoms with Crippen molar-refractivity contribution in [3.63, 3.8) is 0 Å². The molecule has 0 radical (unpaired) electrons. The van der Waals surface area contributed by atoms with Gasteiger partial charge in [-0.15, -0.1) is 0 Å². The monoisotopic (exact) mass is 239 g/mol. The second kappa shape index (κ2) is 5.25. The van der Waals surface area contributed by atoms with Gasteiger partial charge in [0.1, 0.15) is 0 Å². The molecule has 2 unspecified atom stereocenters. The molecule has 2 fully saturated rings. The summed E-state index contributed by atoms with van der Waals surface area (Å²) in [6.45, 7) is 15.3. The zero-order valence-corrected chi connectivity index (χ0v) is 12.0. The maximum atomic E-state index is 3.59. The maximum Gasteiger partial charge on any atom is 0.0224 e. The van der Waals surface area contributed by atoms with Crippen LogP contribution >= 0.6 is 0 Å². The minimum absolute atomic E-state index is 0.248. The largest absolute Gasteiger partial charge is 0.311 e. The van der Waals surface area contributed by atoms with E-state index in [0.29, 0.717) is 0 Å². The molecule has 2 rings (SSSR count). The molecule has 100 valence electrons. The lowest BCUT2D eigenvalue weighted by molar-refractivity contribution is 0.0592. The summed E-state index contributed by atoms with van der Waals surface area (Å²) >= 11 is 0. The van der Waals surface area contributed by atoms with Crippen molar-refractivity contribution >= 4 is 0 Å². The average molecular weight is 239 g/mol. The van der Waals surface area contributed by atoms with Crippen LogP contribution in [0.15, 0.2) is 0 Å². The molecule has 0 saturated carbocycles. The smallest absolute Gasteiger partial charge is 0.0224 e. The van der Waals surface area contributed by atoms with E-state index in [-0.39, 0.29) is 5.54 Å². The van der Waals surface area contributed by atoms with Gasteiger partial charge >= 0.3 is 0 Å². The minimum Gasteiger partial charge on any atom is -0.311 e. The molecule has 0 spiro atoms. The number of fused-ring (bicyclic) bond motifs is 1. The van der Waals surface area contributed by atoms with Gasteiger partial charge in [-0.25, -0.2) is 0 Å². The van der Waals surface area contributed by atoms with E-state index in [0.717, 1.165) is 18.6 Å². The van der Waals surface area contributed by atoms with Crippen LogP contribution < -0.4 is 5.32 Å². The van der Waals surface area contributed by atoms with Crippen LogP contribution in [0.5, 0.6) is 0 Å². The fourth-order valence-electron chi connectivity index (χ4n) is 3.13. The minimum atomic E-state index is 0.248. The van der Waals surface area contributed by atoms with Crippen molar-refractivity contribution in [2.75, 3.05) is 32.7 Å². The second-order valence-corrected chi connectivity index (χ2v) is 6.81. The van der Waals surface area contributed by atoms with Gasteiger partial charge in [-0.3, -0.25) is 9.80 Å². The molecule has 0 aromatic heterocycles. The van der Waals surface area contributed by atoms with Crippen LogP contribution in [-0.4, -0.2) is 60.1 Å². The molecule has 2 aliphatic heterocycles. The van der Waals surface area contributed by atoms with Crippen LogP contribution in [0.4, 0.5) is 0 Å². The molecule has 2 saturated heterocycles. The molecule has 2 atom stereocenters. The highest BCUT2D eigenvalue weighted by molar-refractivity contribution is 4.90. The Bertz CT molecular complexity index is 246. The Morgan fingerprint density at radius 1 is 1.24 bits per heavy atom. The number of hydrogen-bond acceptors (Lipinski definition) is 3. The van der Waals surface area contributed by atoms with Crippen molar-refractivity contribution in [1.82, 2.24) is 15.1 Å². The third-order valence-corrected chi connectivity index (χ3v) is 4.12.